The number of hydrogen-bond acceptors (Lipinski definition) is 3. The van der Waals surface area contributed by atoms with Crippen molar-refractivity contribution >= 4 is 21.9 Å². The fourth-order valence-corrected chi connectivity index (χ4v) is 1.77. The quantitative estimate of drug-likeness (QED) is 0.633. The zero-order valence-corrected chi connectivity index (χ0v) is 11.1. The van der Waals surface area contributed by atoms with E-state index in [1.165, 1.54) is 6.07 Å². The number of pyridine rings is 1. The molecule has 1 heterocycles. The number of esters is 1. The monoisotopic (exact) mass is 307 g/mol. The highest BCUT2D eigenvalue weighted by atomic mass is 79.9. The minimum absolute atomic E-state index is 0.0273. The number of ether oxygens (including phenoxy) is 1. The Morgan fingerprint density at radius 3 is 2.76 bits per heavy atom. The molecule has 0 saturated carbocycles. The van der Waals surface area contributed by atoms with Crippen LogP contribution < -0.4 is 0 Å². The normalized spacial score (nSPS) is 10.7. The lowest BCUT2D eigenvalue weighted by Gasteiger charge is -2.09. The molecule has 0 atom stereocenters. The summed E-state index contributed by atoms with van der Waals surface area (Å²) in [6.45, 7) is 3.67. The van der Waals surface area contributed by atoms with Crippen molar-refractivity contribution in [1.82, 2.24) is 4.98 Å². The van der Waals surface area contributed by atoms with Gasteiger partial charge in [0.05, 0.1) is 13.0 Å². The molecule has 0 aliphatic rings. The van der Waals surface area contributed by atoms with E-state index in [9.17, 15) is 13.6 Å². The van der Waals surface area contributed by atoms with E-state index in [1.54, 1.807) is 13.8 Å². The van der Waals surface area contributed by atoms with Crippen molar-refractivity contribution in [2.45, 2.75) is 26.7 Å². The van der Waals surface area contributed by atoms with E-state index < -0.39 is 12.4 Å². The lowest BCUT2D eigenvalue weighted by atomic mass is 10.1. The molecule has 0 aliphatic carbocycles. The minimum Gasteiger partial charge on any atom is -0.466 e. The van der Waals surface area contributed by atoms with Gasteiger partial charge in [0.15, 0.2) is 0 Å². The molecule has 0 spiro atoms. The first kappa shape index (κ1) is 14.0. The summed E-state index contributed by atoms with van der Waals surface area (Å²) < 4.78 is 30.2. The van der Waals surface area contributed by atoms with Gasteiger partial charge in [0.2, 0.25) is 0 Å². The van der Waals surface area contributed by atoms with E-state index in [-0.39, 0.29) is 18.7 Å². The van der Waals surface area contributed by atoms with Crippen molar-refractivity contribution in [1.29, 1.82) is 0 Å². The van der Waals surface area contributed by atoms with E-state index in [2.05, 4.69) is 20.9 Å². The van der Waals surface area contributed by atoms with Crippen LogP contribution in [0.1, 0.15) is 30.2 Å². The summed E-state index contributed by atoms with van der Waals surface area (Å²) in [5, 5.41) is 0. The van der Waals surface area contributed by atoms with Gasteiger partial charge >= 0.3 is 5.97 Å². The fraction of sp³-hybridized carbons (Fsp3) is 0.455. The first-order chi connectivity index (χ1) is 7.95. The topological polar surface area (TPSA) is 39.2 Å². The molecule has 1 aromatic heterocycles. The van der Waals surface area contributed by atoms with Crippen LogP contribution in [0.2, 0.25) is 0 Å². The van der Waals surface area contributed by atoms with Crippen LogP contribution in [0.25, 0.3) is 0 Å². The van der Waals surface area contributed by atoms with Crippen LogP contribution in [0.4, 0.5) is 8.78 Å². The Labute approximate surface area is 106 Å². The number of aromatic nitrogens is 1. The number of rotatable bonds is 4. The smallest absolute Gasteiger partial charge is 0.310 e. The zero-order chi connectivity index (χ0) is 13.0. The standard InChI is InChI=1S/C11H12BrF2NO2/c1-3-17-9(16)5-7-4-8(11(13)14)15-10(12)6(7)2/h4,11H,3,5H2,1-2H3. The van der Waals surface area contributed by atoms with Gasteiger partial charge in [-0.2, -0.15) is 0 Å². The molecule has 0 bridgehead atoms. The molecule has 94 valence electrons. The zero-order valence-electron chi connectivity index (χ0n) is 9.47. The van der Waals surface area contributed by atoms with Gasteiger partial charge in [-0.3, -0.25) is 4.79 Å². The summed E-state index contributed by atoms with van der Waals surface area (Å²) in [5.41, 5.74) is 0.824. The van der Waals surface area contributed by atoms with Crippen molar-refractivity contribution < 1.29 is 18.3 Å². The first-order valence-electron chi connectivity index (χ1n) is 5.05. The summed E-state index contributed by atoms with van der Waals surface area (Å²) in [6, 6.07) is 1.24. The number of carbonyl (C=O) groups excluding carboxylic acids is 1. The highest BCUT2D eigenvalue weighted by Crippen LogP contribution is 2.25. The van der Waals surface area contributed by atoms with Crippen molar-refractivity contribution in [3.05, 3.63) is 27.5 Å². The van der Waals surface area contributed by atoms with Crippen LogP contribution >= 0.6 is 15.9 Å². The van der Waals surface area contributed by atoms with Gasteiger partial charge in [-0.25, -0.2) is 13.8 Å². The molecule has 0 fully saturated rings. The average molecular weight is 308 g/mol. The van der Waals surface area contributed by atoms with E-state index in [4.69, 9.17) is 4.74 Å². The van der Waals surface area contributed by atoms with Crippen molar-refractivity contribution in [2.24, 2.45) is 0 Å². The third-order valence-corrected chi connectivity index (χ3v) is 2.98. The van der Waals surface area contributed by atoms with Gasteiger partial charge in [0, 0.05) is 0 Å². The Morgan fingerprint density at radius 1 is 1.59 bits per heavy atom. The van der Waals surface area contributed by atoms with E-state index in [0.717, 1.165) is 0 Å². The maximum atomic E-state index is 12.5. The van der Waals surface area contributed by atoms with E-state index >= 15 is 0 Å². The Bertz CT molecular complexity index is 424. The van der Waals surface area contributed by atoms with Crippen LogP contribution in [-0.4, -0.2) is 17.6 Å². The van der Waals surface area contributed by atoms with Gasteiger partial charge in [-0.1, -0.05) is 0 Å². The predicted molar refractivity (Wildman–Crippen MR) is 62.0 cm³/mol. The molecule has 0 unspecified atom stereocenters. The van der Waals surface area contributed by atoms with Crippen molar-refractivity contribution in [3.63, 3.8) is 0 Å². The second-order valence-electron chi connectivity index (χ2n) is 3.40. The minimum atomic E-state index is -2.66. The molecule has 6 heteroatoms. The summed E-state index contributed by atoms with van der Waals surface area (Å²) in [6.07, 6.45) is -2.69. The Balaban J connectivity index is 3.01. The molecular formula is C11H12BrF2NO2. The van der Waals surface area contributed by atoms with E-state index in [1.807, 2.05) is 0 Å². The second-order valence-corrected chi connectivity index (χ2v) is 4.16. The number of nitrogens with zero attached hydrogens (tertiary/aromatic N) is 1. The van der Waals surface area contributed by atoms with Crippen molar-refractivity contribution in [3.8, 4) is 0 Å². The number of hydrogen-bond donors (Lipinski definition) is 0. The maximum Gasteiger partial charge on any atom is 0.310 e. The number of carbonyl (C=O) groups is 1. The molecule has 0 amide bonds. The van der Waals surface area contributed by atoms with Crippen molar-refractivity contribution in [2.75, 3.05) is 6.61 Å². The Hall–Kier alpha value is -1.04. The van der Waals surface area contributed by atoms with Gasteiger partial charge in [-0.05, 0) is 47.0 Å². The van der Waals surface area contributed by atoms with Crippen LogP contribution in [0.5, 0.6) is 0 Å². The van der Waals surface area contributed by atoms with Crippen LogP contribution in [0, 0.1) is 6.92 Å². The molecule has 0 radical (unpaired) electrons. The van der Waals surface area contributed by atoms with Gasteiger partial charge in [0.25, 0.3) is 6.43 Å². The summed E-state index contributed by atoms with van der Waals surface area (Å²) in [5.74, 6) is -0.436. The lowest BCUT2D eigenvalue weighted by molar-refractivity contribution is -0.142. The number of halogens is 3. The highest BCUT2D eigenvalue weighted by Gasteiger charge is 2.16. The molecule has 0 N–H and O–H groups in total. The maximum absolute atomic E-state index is 12.5. The first-order valence-corrected chi connectivity index (χ1v) is 5.84. The Kier molecular flexibility index (Phi) is 4.99. The van der Waals surface area contributed by atoms with Crippen LogP contribution in [-0.2, 0) is 16.0 Å². The SMILES string of the molecule is CCOC(=O)Cc1cc(C(F)F)nc(Br)c1C. The highest BCUT2D eigenvalue weighted by molar-refractivity contribution is 9.10. The molecule has 3 nitrogen and oxygen atoms in total. The molecule has 0 aliphatic heterocycles. The molecule has 1 rings (SSSR count). The molecular weight excluding hydrogens is 296 g/mol. The van der Waals surface area contributed by atoms with Crippen LogP contribution in [0.3, 0.4) is 0 Å². The van der Waals surface area contributed by atoms with Gasteiger partial charge in [0.1, 0.15) is 10.3 Å². The average Bonchev–Trinajstić information content (AvgIpc) is 2.24. The van der Waals surface area contributed by atoms with Gasteiger partial charge in [-0.15, -0.1) is 0 Å². The molecule has 1 aromatic rings. The van der Waals surface area contributed by atoms with Crippen LogP contribution in [0.15, 0.2) is 10.7 Å². The summed E-state index contributed by atoms with van der Waals surface area (Å²) in [4.78, 5) is 15.0. The second kappa shape index (κ2) is 6.05. The summed E-state index contributed by atoms with van der Waals surface area (Å²) in [7, 11) is 0. The fourth-order valence-electron chi connectivity index (χ4n) is 1.31. The third-order valence-electron chi connectivity index (χ3n) is 2.20. The van der Waals surface area contributed by atoms with Gasteiger partial charge < -0.3 is 4.74 Å². The molecule has 0 aromatic carbocycles. The Morgan fingerprint density at radius 2 is 2.24 bits per heavy atom. The molecule has 0 saturated heterocycles. The summed E-state index contributed by atoms with van der Waals surface area (Å²) >= 11 is 3.10. The molecule has 17 heavy (non-hydrogen) atoms. The van der Waals surface area contributed by atoms with E-state index in [0.29, 0.717) is 15.7 Å². The largest absolute Gasteiger partial charge is 0.466 e. The third kappa shape index (κ3) is 3.73. The predicted octanol–water partition coefficient (Wildman–Crippen LogP) is 3.20. The lowest BCUT2D eigenvalue weighted by Crippen LogP contribution is -2.10. The number of alkyl halides is 2.